The van der Waals surface area contributed by atoms with Gasteiger partial charge in [-0.05, 0) is 24.3 Å². The van der Waals surface area contributed by atoms with Crippen LogP contribution >= 0.6 is 0 Å². The zero-order valence-electron chi connectivity index (χ0n) is 15.0. The zero-order chi connectivity index (χ0) is 18.2. The fraction of sp³-hybridized carbons (Fsp3) is 0.750. The molecule has 25 heavy (non-hydrogen) atoms. The van der Waals surface area contributed by atoms with Crippen LogP contribution in [0.5, 0.6) is 0 Å². The van der Waals surface area contributed by atoms with Crippen LogP contribution in [0, 0.1) is 11.3 Å². The number of likely N-dealkylation sites (tertiary alicyclic amines) is 1. The first kappa shape index (κ1) is 18.3. The second kappa shape index (κ2) is 6.69. The Hall–Kier alpha value is -1.45. The molecule has 1 aromatic rings. The molecule has 0 N–H and O–H groups in total. The number of piperidine rings is 1. The van der Waals surface area contributed by atoms with E-state index in [0.717, 1.165) is 12.8 Å². The second-order valence-corrected chi connectivity index (χ2v) is 9.18. The first-order valence-corrected chi connectivity index (χ1v) is 10.3. The van der Waals surface area contributed by atoms with Crippen molar-refractivity contribution in [3.63, 3.8) is 0 Å². The summed E-state index contributed by atoms with van der Waals surface area (Å²) in [5.41, 5.74) is 0.469. The second-order valence-electron chi connectivity index (χ2n) is 7.20. The van der Waals surface area contributed by atoms with Crippen LogP contribution in [0.3, 0.4) is 0 Å². The first-order valence-electron chi connectivity index (χ1n) is 8.48. The molecule has 2 saturated heterocycles. The number of hydrogen-bond acceptors (Lipinski definition) is 5. The van der Waals surface area contributed by atoms with Crippen molar-refractivity contribution in [1.82, 2.24) is 19.0 Å². The SMILES string of the molecule is COCC1CN(S(C)(=O)=O)CC12CCN(C(=O)c1ccnn1C)CC2. The van der Waals surface area contributed by atoms with Gasteiger partial charge in [-0.3, -0.25) is 9.48 Å². The number of aryl methyl sites for hydroxylation is 1. The van der Waals surface area contributed by atoms with E-state index in [0.29, 0.717) is 38.5 Å². The smallest absolute Gasteiger partial charge is 0.272 e. The van der Waals surface area contributed by atoms with Gasteiger partial charge < -0.3 is 9.64 Å². The molecule has 1 aromatic heterocycles. The molecule has 140 valence electrons. The van der Waals surface area contributed by atoms with E-state index in [1.165, 1.54) is 6.26 Å². The summed E-state index contributed by atoms with van der Waals surface area (Å²) < 4.78 is 32.5. The van der Waals surface area contributed by atoms with Crippen LogP contribution in [0.2, 0.25) is 0 Å². The van der Waals surface area contributed by atoms with Gasteiger partial charge in [-0.1, -0.05) is 0 Å². The van der Waals surface area contributed by atoms with E-state index in [1.807, 2.05) is 4.90 Å². The predicted molar refractivity (Wildman–Crippen MR) is 92.6 cm³/mol. The Labute approximate surface area is 148 Å². The van der Waals surface area contributed by atoms with Crippen molar-refractivity contribution in [2.75, 3.05) is 46.2 Å². The van der Waals surface area contributed by atoms with Gasteiger partial charge in [0.2, 0.25) is 10.0 Å². The van der Waals surface area contributed by atoms with Gasteiger partial charge in [-0.2, -0.15) is 5.10 Å². The lowest BCUT2D eigenvalue weighted by atomic mass is 9.71. The van der Waals surface area contributed by atoms with Crippen LogP contribution in [0.25, 0.3) is 0 Å². The molecule has 1 unspecified atom stereocenters. The van der Waals surface area contributed by atoms with Crippen molar-refractivity contribution in [3.8, 4) is 0 Å². The molecular formula is C16H26N4O4S. The Morgan fingerprint density at radius 3 is 2.60 bits per heavy atom. The molecule has 9 heteroatoms. The third kappa shape index (κ3) is 3.45. The third-order valence-electron chi connectivity index (χ3n) is 5.70. The third-order valence-corrected chi connectivity index (χ3v) is 6.92. The number of sulfonamides is 1. The van der Waals surface area contributed by atoms with E-state index in [2.05, 4.69) is 5.10 Å². The van der Waals surface area contributed by atoms with Gasteiger partial charge in [0.1, 0.15) is 5.69 Å². The van der Waals surface area contributed by atoms with Crippen molar-refractivity contribution in [3.05, 3.63) is 18.0 Å². The van der Waals surface area contributed by atoms with Crippen LogP contribution in [-0.4, -0.2) is 79.5 Å². The molecule has 3 rings (SSSR count). The summed E-state index contributed by atoms with van der Waals surface area (Å²) in [5.74, 6) is 0.150. The minimum atomic E-state index is -3.21. The number of hydrogen-bond donors (Lipinski definition) is 0. The summed E-state index contributed by atoms with van der Waals surface area (Å²) >= 11 is 0. The lowest BCUT2D eigenvalue weighted by Gasteiger charge is -2.42. The molecule has 2 fully saturated rings. The van der Waals surface area contributed by atoms with Gasteiger partial charge in [-0.25, -0.2) is 12.7 Å². The highest BCUT2D eigenvalue weighted by Crippen LogP contribution is 2.45. The normalized spacial score (nSPS) is 24.1. The molecule has 0 saturated carbocycles. The summed E-state index contributed by atoms with van der Waals surface area (Å²) in [6, 6.07) is 1.72. The summed E-state index contributed by atoms with van der Waals surface area (Å²) in [6.45, 7) is 2.82. The molecule has 0 radical (unpaired) electrons. The molecule has 3 heterocycles. The zero-order valence-corrected chi connectivity index (χ0v) is 15.8. The van der Waals surface area contributed by atoms with Crippen LogP contribution in [0.4, 0.5) is 0 Å². The Morgan fingerprint density at radius 2 is 2.08 bits per heavy atom. The molecule has 1 spiro atoms. The molecular weight excluding hydrogens is 344 g/mol. The monoisotopic (exact) mass is 370 g/mol. The van der Waals surface area contributed by atoms with Crippen molar-refractivity contribution < 1.29 is 17.9 Å². The fourth-order valence-corrected chi connectivity index (χ4v) is 5.08. The van der Waals surface area contributed by atoms with E-state index in [1.54, 1.807) is 35.4 Å². The maximum absolute atomic E-state index is 12.6. The van der Waals surface area contributed by atoms with Gasteiger partial charge in [-0.15, -0.1) is 0 Å². The van der Waals surface area contributed by atoms with Gasteiger partial charge >= 0.3 is 0 Å². The standard InChI is InChI=1S/C16H26N4O4S/c1-18-14(4-7-17-18)15(21)19-8-5-16(6-9-19)12-20(25(3,22)23)10-13(16)11-24-2/h4,7,13H,5-6,8-12H2,1-3H3. The van der Waals surface area contributed by atoms with Gasteiger partial charge in [0.25, 0.3) is 5.91 Å². The number of methoxy groups -OCH3 is 1. The van der Waals surface area contributed by atoms with E-state index in [4.69, 9.17) is 4.74 Å². The Balaban J connectivity index is 1.72. The first-order chi connectivity index (χ1) is 11.8. The Kier molecular flexibility index (Phi) is 4.91. The maximum atomic E-state index is 12.6. The molecule has 0 bridgehead atoms. The average Bonchev–Trinajstić information content (AvgIpc) is 3.13. The number of nitrogens with zero attached hydrogens (tertiary/aromatic N) is 4. The molecule has 0 aliphatic carbocycles. The Morgan fingerprint density at radius 1 is 1.40 bits per heavy atom. The summed E-state index contributed by atoms with van der Waals surface area (Å²) in [4.78, 5) is 14.5. The fourth-order valence-electron chi connectivity index (χ4n) is 4.13. The molecule has 1 amide bonds. The Bertz CT molecular complexity index is 737. The van der Waals surface area contributed by atoms with Crippen molar-refractivity contribution in [2.45, 2.75) is 12.8 Å². The number of amides is 1. The van der Waals surface area contributed by atoms with Gasteiger partial charge in [0.05, 0.1) is 12.9 Å². The van der Waals surface area contributed by atoms with E-state index in [9.17, 15) is 13.2 Å². The summed E-state index contributed by atoms with van der Waals surface area (Å²) in [5, 5.41) is 4.06. The minimum absolute atomic E-state index is 0.0175. The van der Waals surface area contributed by atoms with E-state index in [-0.39, 0.29) is 17.2 Å². The highest BCUT2D eigenvalue weighted by Gasteiger charge is 2.50. The van der Waals surface area contributed by atoms with E-state index >= 15 is 0 Å². The number of ether oxygens (including phenoxy) is 1. The highest BCUT2D eigenvalue weighted by molar-refractivity contribution is 7.88. The lowest BCUT2D eigenvalue weighted by molar-refractivity contribution is 0.0322. The van der Waals surface area contributed by atoms with Crippen molar-refractivity contribution in [2.24, 2.45) is 18.4 Å². The highest BCUT2D eigenvalue weighted by atomic mass is 32.2. The lowest BCUT2D eigenvalue weighted by Crippen LogP contribution is -2.47. The predicted octanol–water partition coefficient (Wildman–Crippen LogP) is 0.180. The molecule has 8 nitrogen and oxygen atoms in total. The van der Waals surface area contributed by atoms with Crippen LogP contribution in [0.15, 0.2) is 12.3 Å². The average molecular weight is 370 g/mol. The summed E-state index contributed by atoms with van der Waals surface area (Å²) in [6.07, 6.45) is 4.46. The van der Waals surface area contributed by atoms with Gasteiger partial charge in [0, 0.05) is 52.5 Å². The molecule has 1 atom stereocenters. The number of aromatic nitrogens is 2. The summed E-state index contributed by atoms with van der Waals surface area (Å²) in [7, 11) is 0.194. The van der Waals surface area contributed by atoms with E-state index < -0.39 is 10.0 Å². The maximum Gasteiger partial charge on any atom is 0.272 e. The van der Waals surface area contributed by atoms with Crippen LogP contribution in [0.1, 0.15) is 23.3 Å². The van der Waals surface area contributed by atoms with Crippen molar-refractivity contribution >= 4 is 15.9 Å². The number of carbonyl (C=O) groups excluding carboxylic acids is 1. The quantitative estimate of drug-likeness (QED) is 0.755. The molecule has 2 aliphatic rings. The number of rotatable bonds is 4. The molecule has 2 aliphatic heterocycles. The van der Waals surface area contributed by atoms with Crippen LogP contribution in [-0.2, 0) is 21.8 Å². The molecule has 0 aromatic carbocycles. The van der Waals surface area contributed by atoms with Gasteiger partial charge in [0.15, 0.2) is 0 Å². The topological polar surface area (TPSA) is 84.7 Å². The minimum Gasteiger partial charge on any atom is -0.384 e. The largest absolute Gasteiger partial charge is 0.384 e. The van der Waals surface area contributed by atoms with Crippen LogP contribution < -0.4 is 0 Å². The number of carbonyl (C=O) groups is 1. The van der Waals surface area contributed by atoms with Crippen molar-refractivity contribution in [1.29, 1.82) is 0 Å².